The van der Waals surface area contributed by atoms with E-state index >= 15 is 0 Å². The van der Waals surface area contributed by atoms with Crippen molar-refractivity contribution in [3.63, 3.8) is 0 Å². The number of nitrogen functional groups attached to an aromatic ring is 1. The molecule has 0 heterocycles. The molecular weight excluding hydrogens is 235 g/mol. The van der Waals surface area contributed by atoms with Gasteiger partial charge in [-0.2, -0.15) is 0 Å². The van der Waals surface area contributed by atoms with E-state index in [1.165, 1.54) is 12.1 Å². The van der Waals surface area contributed by atoms with Crippen LogP contribution in [0.4, 0.5) is 10.1 Å². The van der Waals surface area contributed by atoms with Gasteiger partial charge < -0.3 is 16.2 Å². The van der Waals surface area contributed by atoms with E-state index in [1.54, 1.807) is 0 Å². The first-order valence-electron chi connectivity index (χ1n) is 5.92. The Hall–Kier alpha value is -1.62. The van der Waals surface area contributed by atoms with Crippen molar-refractivity contribution in [3.8, 4) is 0 Å². The van der Waals surface area contributed by atoms with Gasteiger partial charge in [-0.3, -0.25) is 4.79 Å². The molecule has 1 unspecified atom stereocenters. The summed E-state index contributed by atoms with van der Waals surface area (Å²) in [4.78, 5) is 11.9. The molecule has 0 saturated carbocycles. The van der Waals surface area contributed by atoms with Gasteiger partial charge in [0.2, 0.25) is 0 Å². The van der Waals surface area contributed by atoms with Crippen LogP contribution in [0, 0.1) is 11.7 Å². The SMILES string of the molecule is CC(C)C(CCO)NC(=O)c1ccc(N)c(F)c1. The Morgan fingerprint density at radius 3 is 2.67 bits per heavy atom. The molecule has 4 N–H and O–H groups in total. The number of hydrogen-bond donors (Lipinski definition) is 3. The second kappa shape index (κ2) is 6.35. The van der Waals surface area contributed by atoms with Crippen LogP contribution in [0.2, 0.25) is 0 Å². The van der Waals surface area contributed by atoms with Crippen molar-refractivity contribution in [2.45, 2.75) is 26.3 Å². The highest BCUT2D eigenvalue weighted by molar-refractivity contribution is 5.94. The predicted molar refractivity (Wildman–Crippen MR) is 68.6 cm³/mol. The minimum atomic E-state index is -0.606. The molecule has 1 rings (SSSR count). The first kappa shape index (κ1) is 14.4. The summed E-state index contributed by atoms with van der Waals surface area (Å²) in [5, 5.41) is 11.7. The average molecular weight is 254 g/mol. The summed E-state index contributed by atoms with van der Waals surface area (Å²) in [7, 11) is 0. The van der Waals surface area contributed by atoms with Gasteiger partial charge in [-0.15, -0.1) is 0 Å². The van der Waals surface area contributed by atoms with E-state index in [9.17, 15) is 9.18 Å². The first-order valence-corrected chi connectivity index (χ1v) is 5.92. The molecule has 0 aliphatic rings. The quantitative estimate of drug-likeness (QED) is 0.698. The summed E-state index contributed by atoms with van der Waals surface area (Å²) in [5.41, 5.74) is 5.59. The van der Waals surface area contributed by atoms with Gasteiger partial charge in [-0.05, 0) is 30.5 Å². The second-order valence-corrected chi connectivity index (χ2v) is 4.57. The Morgan fingerprint density at radius 2 is 2.17 bits per heavy atom. The zero-order valence-electron chi connectivity index (χ0n) is 10.6. The van der Waals surface area contributed by atoms with E-state index in [1.807, 2.05) is 13.8 Å². The molecule has 0 fully saturated rings. The molecule has 5 heteroatoms. The van der Waals surface area contributed by atoms with Crippen molar-refractivity contribution in [2.75, 3.05) is 12.3 Å². The monoisotopic (exact) mass is 254 g/mol. The maximum atomic E-state index is 13.2. The van der Waals surface area contributed by atoms with Crippen molar-refractivity contribution in [3.05, 3.63) is 29.6 Å². The fraction of sp³-hybridized carbons (Fsp3) is 0.462. The number of amides is 1. The van der Waals surface area contributed by atoms with Gasteiger partial charge in [-0.25, -0.2) is 4.39 Å². The summed E-state index contributed by atoms with van der Waals surface area (Å²) >= 11 is 0. The van der Waals surface area contributed by atoms with Crippen molar-refractivity contribution < 1.29 is 14.3 Å². The number of carbonyl (C=O) groups excluding carboxylic acids is 1. The number of benzene rings is 1. The number of halogens is 1. The third-order valence-corrected chi connectivity index (χ3v) is 2.82. The number of nitrogens with two attached hydrogens (primary N) is 1. The number of hydrogen-bond acceptors (Lipinski definition) is 3. The molecule has 1 amide bonds. The number of rotatable bonds is 5. The minimum Gasteiger partial charge on any atom is -0.396 e. The second-order valence-electron chi connectivity index (χ2n) is 4.57. The summed E-state index contributed by atoms with van der Waals surface area (Å²) in [6.07, 6.45) is 0.473. The van der Waals surface area contributed by atoms with E-state index < -0.39 is 5.82 Å². The molecule has 1 aromatic carbocycles. The van der Waals surface area contributed by atoms with Crippen molar-refractivity contribution in [2.24, 2.45) is 5.92 Å². The summed E-state index contributed by atoms with van der Waals surface area (Å²) in [5.74, 6) is -0.772. The summed E-state index contributed by atoms with van der Waals surface area (Å²) in [6, 6.07) is 3.81. The molecule has 0 radical (unpaired) electrons. The molecule has 1 aromatic rings. The van der Waals surface area contributed by atoms with Gasteiger partial charge in [0.05, 0.1) is 5.69 Å². The Kier molecular flexibility index (Phi) is 5.09. The van der Waals surface area contributed by atoms with Crippen LogP contribution in [0.15, 0.2) is 18.2 Å². The Labute approximate surface area is 106 Å². The van der Waals surface area contributed by atoms with E-state index in [-0.39, 0.29) is 35.7 Å². The van der Waals surface area contributed by atoms with Crippen LogP contribution < -0.4 is 11.1 Å². The minimum absolute atomic E-state index is 0.000768. The normalized spacial score (nSPS) is 12.5. The van der Waals surface area contributed by atoms with E-state index in [0.29, 0.717) is 6.42 Å². The lowest BCUT2D eigenvalue weighted by Gasteiger charge is -2.21. The fourth-order valence-electron chi connectivity index (χ4n) is 1.63. The maximum absolute atomic E-state index is 13.2. The van der Waals surface area contributed by atoms with Gasteiger partial charge in [-0.1, -0.05) is 13.8 Å². The van der Waals surface area contributed by atoms with Crippen molar-refractivity contribution in [1.29, 1.82) is 0 Å². The summed E-state index contributed by atoms with van der Waals surface area (Å²) in [6.45, 7) is 3.90. The molecule has 0 bridgehead atoms. The van der Waals surface area contributed by atoms with Crippen LogP contribution in [0.25, 0.3) is 0 Å². The number of aliphatic hydroxyl groups is 1. The first-order chi connectivity index (χ1) is 8.45. The van der Waals surface area contributed by atoms with E-state index in [2.05, 4.69) is 5.32 Å². The zero-order valence-corrected chi connectivity index (χ0v) is 10.6. The molecule has 4 nitrogen and oxygen atoms in total. The fourth-order valence-corrected chi connectivity index (χ4v) is 1.63. The predicted octanol–water partition coefficient (Wildman–Crippen LogP) is 1.54. The number of carbonyl (C=O) groups is 1. The Balaban J connectivity index is 2.77. The van der Waals surface area contributed by atoms with E-state index in [4.69, 9.17) is 10.8 Å². The van der Waals surface area contributed by atoms with Gasteiger partial charge in [0.25, 0.3) is 5.91 Å². The summed E-state index contributed by atoms with van der Waals surface area (Å²) < 4.78 is 13.2. The lowest BCUT2D eigenvalue weighted by atomic mass is 10.0. The number of nitrogens with one attached hydrogen (secondary N) is 1. The zero-order chi connectivity index (χ0) is 13.7. The largest absolute Gasteiger partial charge is 0.396 e. The Morgan fingerprint density at radius 1 is 1.50 bits per heavy atom. The van der Waals surface area contributed by atoms with Crippen LogP contribution in [0.3, 0.4) is 0 Å². The standard InChI is InChI=1S/C13H19FN2O2/c1-8(2)12(5-6-17)16-13(18)9-3-4-11(15)10(14)7-9/h3-4,7-8,12,17H,5-6,15H2,1-2H3,(H,16,18). The van der Waals surface area contributed by atoms with Crippen LogP contribution >= 0.6 is 0 Å². The lowest BCUT2D eigenvalue weighted by molar-refractivity contribution is 0.0916. The molecule has 0 saturated heterocycles. The van der Waals surface area contributed by atoms with Crippen LogP contribution in [0.5, 0.6) is 0 Å². The van der Waals surface area contributed by atoms with Gasteiger partial charge in [0.1, 0.15) is 5.82 Å². The smallest absolute Gasteiger partial charge is 0.251 e. The topological polar surface area (TPSA) is 75.3 Å². The van der Waals surface area contributed by atoms with Gasteiger partial charge in [0, 0.05) is 18.2 Å². The van der Waals surface area contributed by atoms with Crippen LogP contribution in [-0.4, -0.2) is 23.7 Å². The molecule has 1 atom stereocenters. The molecule has 0 aliphatic heterocycles. The highest BCUT2D eigenvalue weighted by atomic mass is 19.1. The molecular formula is C13H19FN2O2. The molecule has 100 valence electrons. The third-order valence-electron chi connectivity index (χ3n) is 2.82. The van der Waals surface area contributed by atoms with Gasteiger partial charge >= 0.3 is 0 Å². The molecule has 0 spiro atoms. The number of aliphatic hydroxyl groups excluding tert-OH is 1. The highest BCUT2D eigenvalue weighted by Crippen LogP contribution is 2.13. The lowest BCUT2D eigenvalue weighted by Crippen LogP contribution is -2.39. The van der Waals surface area contributed by atoms with Crippen molar-refractivity contribution >= 4 is 11.6 Å². The molecule has 0 aliphatic carbocycles. The highest BCUT2D eigenvalue weighted by Gasteiger charge is 2.17. The Bertz CT molecular complexity index is 421. The molecule has 0 aromatic heterocycles. The maximum Gasteiger partial charge on any atom is 0.251 e. The van der Waals surface area contributed by atoms with E-state index in [0.717, 1.165) is 6.07 Å². The number of anilines is 1. The van der Waals surface area contributed by atoms with Gasteiger partial charge in [0.15, 0.2) is 0 Å². The molecule has 18 heavy (non-hydrogen) atoms. The average Bonchev–Trinajstić information content (AvgIpc) is 2.31. The van der Waals surface area contributed by atoms with Crippen LogP contribution in [-0.2, 0) is 0 Å². The van der Waals surface area contributed by atoms with Crippen molar-refractivity contribution in [1.82, 2.24) is 5.32 Å². The van der Waals surface area contributed by atoms with Crippen LogP contribution in [0.1, 0.15) is 30.6 Å². The third kappa shape index (κ3) is 3.70.